The predicted octanol–water partition coefficient (Wildman–Crippen LogP) is 0.719. The first-order valence-corrected chi connectivity index (χ1v) is 4.87. The van der Waals surface area contributed by atoms with Gasteiger partial charge in [-0.05, 0) is 26.7 Å². The fourth-order valence-corrected chi connectivity index (χ4v) is 1.49. The fourth-order valence-electron chi connectivity index (χ4n) is 1.49. The zero-order chi connectivity index (χ0) is 9.68. The molecule has 72 valence electrons. The highest BCUT2D eigenvalue weighted by Crippen LogP contribution is 2.17. The molecule has 0 aliphatic heterocycles. The number of allylic oxidation sites excluding steroid dienone is 4. The van der Waals surface area contributed by atoms with Gasteiger partial charge in [0.2, 0.25) is 0 Å². The van der Waals surface area contributed by atoms with E-state index in [0.29, 0.717) is 0 Å². The second-order valence-corrected chi connectivity index (χ2v) is 3.62. The summed E-state index contributed by atoms with van der Waals surface area (Å²) >= 11 is 0. The maximum Gasteiger partial charge on any atom is 0.198 e. The molecule has 2 heteroatoms. The van der Waals surface area contributed by atoms with E-state index in [1.165, 1.54) is 36.2 Å². The third-order valence-electron chi connectivity index (χ3n) is 2.19. The lowest BCUT2D eigenvalue weighted by Gasteiger charge is -1.95. The van der Waals surface area contributed by atoms with Crippen LogP contribution in [0.5, 0.6) is 0 Å². The van der Waals surface area contributed by atoms with Crippen molar-refractivity contribution in [1.29, 1.82) is 0 Å². The van der Waals surface area contributed by atoms with E-state index in [9.17, 15) is 0 Å². The SMILES string of the molecule is CNC1=C([NH+]=CC=C(C)C)CCC1. The van der Waals surface area contributed by atoms with Gasteiger partial charge in [-0.2, -0.15) is 0 Å². The largest absolute Gasteiger partial charge is 0.386 e. The highest BCUT2D eigenvalue weighted by Gasteiger charge is 2.16. The van der Waals surface area contributed by atoms with E-state index in [-0.39, 0.29) is 0 Å². The Bertz CT molecular complexity index is 255. The van der Waals surface area contributed by atoms with Gasteiger partial charge >= 0.3 is 0 Å². The van der Waals surface area contributed by atoms with Crippen LogP contribution in [-0.4, -0.2) is 13.3 Å². The van der Waals surface area contributed by atoms with Crippen molar-refractivity contribution in [1.82, 2.24) is 5.32 Å². The van der Waals surface area contributed by atoms with Crippen molar-refractivity contribution in [2.75, 3.05) is 7.05 Å². The van der Waals surface area contributed by atoms with Gasteiger partial charge in [0, 0.05) is 19.5 Å². The molecule has 0 atom stereocenters. The van der Waals surface area contributed by atoms with Crippen molar-refractivity contribution in [2.24, 2.45) is 0 Å². The molecule has 0 saturated carbocycles. The Labute approximate surface area is 80.4 Å². The summed E-state index contributed by atoms with van der Waals surface area (Å²) in [6, 6.07) is 0. The van der Waals surface area contributed by atoms with Crippen molar-refractivity contribution in [3.05, 3.63) is 23.0 Å². The van der Waals surface area contributed by atoms with Gasteiger partial charge in [0.05, 0.1) is 5.70 Å². The highest BCUT2D eigenvalue weighted by molar-refractivity contribution is 5.66. The normalized spacial score (nSPS) is 16.8. The first-order chi connectivity index (χ1) is 6.24. The zero-order valence-electron chi connectivity index (χ0n) is 8.78. The van der Waals surface area contributed by atoms with E-state index in [4.69, 9.17) is 0 Å². The number of hydrogen-bond acceptors (Lipinski definition) is 1. The van der Waals surface area contributed by atoms with Crippen LogP contribution in [-0.2, 0) is 0 Å². The lowest BCUT2D eigenvalue weighted by Crippen LogP contribution is -2.66. The van der Waals surface area contributed by atoms with Crippen LogP contribution in [0.1, 0.15) is 33.1 Å². The third-order valence-corrected chi connectivity index (χ3v) is 2.19. The van der Waals surface area contributed by atoms with Gasteiger partial charge < -0.3 is 5.32 Å². The van der Waals surface area contributed by atoms with Crippen LogP contribution in [0.3, 0.4) is 0 Å². The molecule has 0 unspecified atom stereocenters. The van der Waals surface area contributed by atoms with Gasteiger partial charge in [0.1, 0.15) is 0 Å². The van der Waals surface area contributed by atoms with E-state index < -0.39 is 0 Å². The second kappa shape index (κ2) is 4.85. The summed E-state index contributed by atoms with van der Waals surface area (Å²) in [7, 11) is 1.99. The van der Waals surface area contributed by atoms with Crippen molar-refractivity contribution in [2.45, 2.75) is 33.1 Å². The van der Waals surface area contributed by atoms with E-state index in [0.717, 1.165) is 0 Å². The predicted molar refractivity (Wildman–Crippen MR) is 56.4 cm³/mol. The lowest BCUT2D eigenvalue weighted by molar-refractivity contribution is -0.394. The molecule has 2 nitrogen and oxygen atoms in total. The quantitative estimate of drug-likeness (QED) is 0.613. The van der Waals surface area contributed by atoms with Crippen LogP contribution < -0.4 is 10.3 Å². The third kappa shape index (κ3) is 3.05. The molecule has 0 saturated heterocycles. The van der Waals surface area contributed by atoms with Crippen LogP contribution >= 0.6 is 0 Å². The minimum atomic E-state index is 1.17. The average Bonchev–Trinajstić information content (AvgIpc) is 2.51. The molecule has 0 aromatic heterocycles. The molecule has 0 aromatic carbocycles. The summed E-state index contributed by atoms with van der Waals surface area (Å²) in [6.07, 6.45) is 7.73. The molecule has 0 amide bonds. The number of nitrogens with one attached hydrogen (secondary N) is 2. The van der Waals surface area contributed by atoms with Gasteiger partial charge in [0.25, 0.3) is 0 Å². The number of hydrogen-bond donors (Lipinski definition) is 2. The van der Waals surface area contributed by atoms with Gasteiger partial charge in [-0.3, -0.25) is 0 Å². The molecule has 13 heavy (non-hydrogen) atoms. The summed E-state index contributed by atoms with van der Waals surface area (Å²) in [5.74, 6) is 0. The Morgan fingerprint density at radius 3 is 2.77 bits per heavy atom. The van der Waals surface area contributed by atoms with Gasteiger partial charge in [0.15, 0.2) is 11.9 Å². The molecule has 1 aliphatic rings. The molecule has 0 radical (unpaired) electrons. The molecule has 0 fully saturated rings. The minimum absolute atomic E-state index is 1.17. The van der Waals surface area contributed by atoms with Gasteiger partial charge in [-0.15, -0.1) is 0 Å². The summed E-state index contributed by atoms with van der Waals surface area (Å²) in [5, 5.41) is 3.23. The molecule has 1 rings (SSSR count). The van der Waals surface area contributed by atoms with E-state index in [2.05, 4.69) is 30.2 Å². The standard InChI is InChI=1S/C11H18N2/c1-9(2)7-8-13-11-6-4-5-10(11)12-3/h7-8,12H,4-6H2,1-3H3/p+1. The van der Waals surface area contributed by atoms with Crippen molar-refractivity contribution in [3.63, 3.8) is 0 Å². The van der Waals surface area contributed by atoms with Crippen molar-refractivity contribution < 1.29 is 4.99 Å². The fraction of sp³-hybridized carbons (Fsp3) is 0.545. The summed E-state index contributed by atoms with van der Waals surface area (Å²) in [5.41, 5.74) is 4.02. The Morgan fingerprint density at radius 2 is 2.15 bits per heavy atom. The van der Waals surface area contributed by atoms with Gasteiger partial charge in [-0.1, -0.05) is 5.57 Å². The Kier molecular flexibility index (Phi) is 3.74. The maximum absolute atomic E-state index is 3.33. The topological polar surface area (TPSA) is 26.0 Å². The molecule has 1 aliphatic carbocycles. The zero-order valence-corrected chi connectivity index (χ0v) is 8.78. The van der Waals surface area contributed by atoms with Crippen LogP contribution in [0.15, 0.2) is 23.0 Å². The van der Waals surface area contributed by atoms with E-state index in [1.807, 2.05) is 13.3 Å². The van der Waals surface area contributed by atoms with Crippen molar-refractivity contribution >= 4 is 6.21 Å². The van der Waals surface area contributed by atoms with Crippen molar-refractivity contribution in [3.8, 4) is 0 Å². The Hall–Kier alpha value is -1.05. The smallest absolute Gasteiger partial charge is 0.198 e. The maximum atomic E-state index is 3.33. The molecule has 0 spiro atoms. The van der Waals surface area contributed by atoms with E-state index in [1.54, 1.807) is 0 Å². The molecule has 0 heterocycles. The summed E-state index contributed by atoms with van der Waals surface area (Å²) < 4.78 is 0. The van der Waals surface area contributed by atoms with Crippen LogP contribution in [0, 0.1) is 0 Å². The summed E-state index contributed by atoms with van der Waals surface area (Å²) in [6.45, 7) is 4.19. The second-order valence-electron chi connectivity index (χ2n) is 3.62. The van der Waals surface area contributed by atoms with Crippen LogP contribution in [0.2, 0.25) is 0 Å². The highest BCUT2D eigenvalue weighted by atomic mass is 14.9. The Balaban J connectivity index is 2.62. The lowest BCUT2D eigenvalue weighted by atomic mass is 10.3. The van der Waals surface area contributed by atoms with Crippen LogP contribution in [0.4, 0.5) is 0 Å². The molecular weight excluding hydrogens is 160 g/mol. The molecule has 2 N–H and O–H groups in total. The first-order valence-electron chi connectivity index (χ1n) is 4.87. The van der Waals surface area contributed by atoms with E-state index >= 15 is 0 Å². The van der Waals surface area contributed by atoms with Crippen LogP contribution in [0.25, 0.3) is 0 Å². The molecule has 0 aromatic rings. The Morgan fingerprint density at radius 1 is 1.38 bits per heavy atom. The summed E-state index contributed by atoms with van der Waals surface area (Å²) in [4.78, 5) is 3.33. The molecule has 0 bridgehead atoms. The number of rotatable bonds is 3. The minimum Gasteiger partial charge on any atom is -0.386 e. The molecular formula is C11H19N2+. The van der Waals surface area contributed by atoms with Gasteiger partial charge in [-0.25, -0.2) is 4.99 Å². The average molecular weight is 179 g/mol. The first kappa shape index (κ1) is 10.0. The monoisotopic (exact) mass is 179 g/mol.